The molecule has 0 atom stereocenters. The fraction of sp³-hybridized carbons (Fsp3) is 0.182. The van der Waals surface area contributed by atoms with Crippen LogP contribution in [0.4, 0.5) is 0 Å². The highest BCUT2D eigenvalue weighted by Gasteiger charge is 2.14. The van der Waals surface area contributed by atoms with Gasteiger partial charge >= 0.3 is 0 Å². The SMILES string of the molecule is Cc1cc(C)c(CNC(=O)c2ccccc2OCc2ccc(Cl)cc2Cl)c(=O)[nH]1. The quantitative estimate of drug-likeness (QED) is 0.589. The molecular formula is C22H20Cl2N2O3. The Morgan fingerprint density at radius 1 is 1.10 bits per heavy atom. The number of ether oxygens (including phenoxy) is 1. The molecule has 5 nitrogen and oxygen atoms in total. The van der Waals surface area contributed by atoms with Crippen LogP contribution < -0.4 is 15.6 Å². The Kier molecular flexibility index (Phi) is 6.62. The predicted molar refractivity (Wildman–Crippen MR) is 115 cm³/mol. The van der Waals surface area contributed by atoms with Crippen LogP contribution in [0.2, 0.25) is 10.0 Å². The summed E-state index contributed by atoms with van der Waals surface area (Å²) in [7, 11) is 0. The lowest BCUT2D eigenvalue weighted by molar-refractivity contribution is 0.0946. The number of amides is 1. The van der Waals surface area contributed by atoms with Crippen molar-refractivity contribution >= 4 is 29.1 Å². The van der Waals surface area contributed by atoms with Crippen molar-refractivity contribution in [2.24, 2.45) is 0 Å². The zero-order valence-electron chi connectivity index (χ0n) is 16.0. The molecular weight excluding hydrogens is 411 g/mol. The van der Waals surface area contributed by atoms with Crippen LogP contribution in [0, 0.1) is 13.8 Å². The average molecular weight is 431 g/mol. The van der Waals surface area contributed by atoms with Gasteiger partial charge in [0.25, 0.3) is 11.5 Å². The van der Waals surface area contributed by atoms with Crippen LogP contribution in [0.15, 0.2) is 53.3 Å². The summed E-state index contributed by atoms with van der Waals surface area (Å²) < 4.78 is 5.82. The number of nitrogens with one attached hydrogen (secondary N) is 2. The largest absolute Gasteiger partial charge is 0.488 e. The van der Waals surface area contributed by atoms with Crippen LogP contribution in [-0.2, 0) is 13.2 Å². The molecule has 29 heavy (non-hydrogen) atoms. The third-order valence-corrected chi connectivity index (χ3v) is 5.04. The second-order valence-electron chi connectivity index (χ2n) is 6.65. The number of aryl methyl sites for hydroxylation is 2. The first-order valence-corrected chi connectivity index (χ1v) is 9.74. The fourth-order valence-electron chi connectivity index (χ4n) is 2.94. The third-order valence-electron chi connectivity index (χ3n) is 4.45. The van der Waals surface area contributed by atoms with Crippen LogP contribution >= 0.6 is 23.2 Å². The van der Waals surface area contributed by atoms with Crippen molar-refractivity contribution in [1.82, 2.24) is 10.3 Å². The smallest absolute Gasteiger partial charge is 0.255 e. The second kappa shape index (κ2) is 9.16. The third kappa shape index (κ3) is 5.19. The van der Waals surface area contributed by atoms with Crippen molar-refractivity contribution in [3.05, 3.63) is 96.9 Å². The van der Waals surface area contributed by atoms with Gasteiger partial charge in [-0.3, -0.25) is 9.59 Å². The van der Waals surface area contributed by atoms with E-state index in [1.807, 2.05) is 19.9 Å². The molecule has 1 aromatic heterocycles. The highest BCUT2D eigenvalue weighted by molar-refractivity contribution is 6.35. The fourth-order valence-corrected chi connectivity index (χ4v) is 3.40. The minimum atomic E-state index is -0.331. The summed E-state index contributed by atoms with van der Waals surface area (Å²) in [6.45, 7) is 3.97. The van der Waals surface area contributed by atoms with Gasteiger partial charge in [-0.25, -0.2) is 0 Å². The first-order valence-electron chi connectivity index (χ1n) is 8.98. The molecule has 150 valence electrons. The topological polar surface area (TPSA) is 71.2 Å². The van der Waals surface area contributed by atoms with Gasteiger partial charge < -0.3 is 15.0 Å². The Morgan fingerprint density at radius 3 is 2.59 bits per heavy atom. The van der Waals surface area contributed by atoms with Gasteiger partial charge in [0.1, 0.15) is 12.4 Å². The predicted octanol–water partition coefficient (Wildman–Crippen LogP) is 4.81. The molecule has 0 fully saturated rings. The number of carbonyl (C=O) groups excluding carboxylic acids is 1. The van der Waals surface area contributed by atoms with Crippen LogP contribution in [-0.4, -0.2) is 10.9 Å². The summed E-state index contributed by atoms with van der Waals surface area (Å²) in [4.78, 5) is 27.6. The van der Waals surface area contributed by atoms with E-state index in [0.29, 0.717) is 26.9 Å². The number of benzene rings is 2. The van der Waals surface area contributed by atoms with Gasteiger partial charge in [0.2, 0.25) is 0 Å². The molecule has 7 heteroatoms. The number of para-hydroxylation sites is 1. The molecule has 0 aliphatic heterocycles. The molecule has 0 radical (unpaired) electrons. The molecule has 0 aliphatic carbocycles. The van der Waals surface area contributed by atoms with Gasteiger partial charge in [0.05, 0.1) is 5.56 Å². The molecule has 2 aromatic carbocycles. The normalized spacial score (nSPS) is 10.6. The van der Waals surface area contributed by atoms with Crippen molar-refractivity contribution < 1.29 is 9.53 Å². The van der Waals surface area contributed by atoms with Crippen LogP contribution in [0.25, 0.3) is 0 Å². The molecule has 0 saturated heterocycles. The Morgan fingerprint density at radius 2 is 1.86 bits per heavy atom. The molecule has 3 aromatic rings. The zero-order valence-corrected chi connectivity index (χ0v) is 17.5. The monoisotopic (exact) mass is 430 g/mol. The Balaban J connectivity index is 1.73. The van der Waals surface area contributed by atoms with Gasteiger partial charge in [-0.1, -0.05) is 41.4 Å². The van der Waals surface area contributed by atoms with E-state index < -0.39 is 0 Å². The number of rotatable bonds is 6. The van der Waals surface area contributed by atoms with E-state index in [0.717, 1.165) is 16.8 Å². The average Bonchev–Trinajstić information content (AvgIpc) is 2.66. The number of hydrogen-bond donors (Lipinski definition) is 2. The highest BCUT2D eigenvalue weighted by Crippen LogP contribution is 2.24. The summed E-state index contributed by atoms with van der Waals surface area (Å²) in [6.07, 6.45) is 0. The standard InChI is InChI=1S/C22H20Cl2N2O3/c1-13-9-14(2)26-22(28)18(13)11-25-21(27)17-5-3-4-6-20(17)29-12-15-7-8-16(23)10-19(15)24/h3-10H,11-12H2,1-2H3,(H,25,27)(H,26,28). The summed E-state index contributed by atoms with van der Waals surface area (Å²) in [6, 6.07) is 13.9. The number of pyridine rings is 1. The van der Waals surface area contributed by atoms with Crippen molar-refractivity contribution in [1.29, 1.82) is 0 Å². The van der Waals surface area contributed by atoms with Gasteiger partial charge in [0, 0.05) is 33.4 Å². The molecule has 0 spiro atoms. The van der Waals surface area contributed by atoms with Gasteiger partial charge in [-0.2, -0.15) is 0 Å². The Hall–Kier alpha value is -2.76. The lowest BCUT2D eigenvalue weighted by Crippen LogP contribution is -2.28. The molecule has 0 saturated carbocycles. The Labute approximate surface area is 178 Å². The van der Waals surface area contributed by atoms with Crippen molar-refractivity contribution in [3.63, 3.8) is 0 Å². The van der Waals surface area contributed by atoms with Gasteiger partial charge in [-0.05, 0) is 49.7 Å². The summed E-state index contributed by atoms with van der Waals surface area (Å²) in [5, 5.41) is 3.83. The van der Waals surface area contributed by atoms with E-state index in [-0.39, 0.29) is 24.6 Å². The summed E-state index contributed by atoms with van der Waals surface area (Å²) in [5.74, 6) is 0.0905. The van der Waals surface area contributed by atoms with Crippen LogP contribution in [0.5, 0.6) is 5.75 Å². The molecule has 0 aliphatic rings. The van der Waals surface area contributed by atoms with E-state index >= 15 is 0 Å². The number of aromatic amines is 1. The molecule has 0 unspecified atom stereocenters. The van der Waals surface area contributed by atoms with E-state index in [9.17, 15) is 9.59 Å². The maximum atomic E-state index is 12.7. The van der Waals surface area contributed by atoms with E-state index in [1.165, 1.54) is 0 Å². The molecule has 1 amide bonds. The number of aromatic nitrogens is 1. The maximum Gasteiger partial charge on any atom is 0.255 e. The highest BCUT2D eigenvalue weighted by atomic mass is 35.5. The number of carbonyl (C=O) groups is 1. The molecule has 0 bridgehead atoms. The number of halogens is 2. The minimum absolute atomic E-state index is 0.123. The summed E-state index contributed by atoms with van der Waals surface area (Å²) >= 11 is 12.1. The van der Waals surface area contributed by atoms with Gasteiger partial charge in [0.15, 0.2) is 0 Å². The maximum absolute atomic E-state index is 12.7. The van der Waals surface area contributed by atoms with E-state index in [2.05, 4.69) is 10.3 Å². The first-order chi connectivity index (χ1) is 13.8. The van der Waals surface area contributed by atoms with E-state index in [1.54, 1.807) is 42.5 Å². The lowest BCUT2D eigenvalue weighted by Gasteiger charge is -2.13. The van der Waals surface area contributed by atoms with Crippen LogP contribution in [0.1, 0.15) is 32.7 Å². The van der Waals surface area contributed by atoms with Crippen molar-refractivity contribution in [3.8, 4) is 5.75 Å². The Bertz CT molecular complexity index is 1110. The zero-order chi connectivity index (χ0) is 21.0. The molecule has 1 heterocycles. The van der Waals surface area contributed by atoms with Gasteiger partial charge in [-0.15, -0.1) is 0 Å². The number of H-pyrrole nitrogens is 1. The van der Waals surface area contributed by atoms with Crippen LogP contribution in [0.3, 0.4) is 0 Å². The first kappa shape index (κ1) is 21.0. The second-order valence-corrected chi connectivity index (χ2v) is 7.49. The van der Waals surface area contributed by atoms with Crippen molar-refractivity contribution in [2.75, 3.05) is 0 Å². The summed E-state index contributed by atoms with van der Waals surface area (Å²) in [5.41, 5.74) is 3.06. The van der Waals surface area contributed by atoms with Crippen molar-refractivity contribution in [2.45, 2.75) is 27.0 Å². The lowest BCUT2D eigenvalue weighted by atomic mass is 10.1. The van der Waals surface area contributed by atoms with E-state index in [4.69, 9.17) is 27.9 Å². The minimum Gasteiger partial charge on any atom is -0.488 e. The molecule has 3 rings (SSSR count). The number of hydrogen-bond acceptors (Lipinski definition) is 3. The molecule has 2 N–H and O–H groups in total.